The number of sulfone groups is 1. The molecule has 1 heterocycles. The van der Waals surface area contributed by atoms with Gasteiger partial charge in [0.1, 0.15) is 21.2 Å². The van der Waals surface area contributed by atoms with Crippen molar-refractivity contribution in [2.45, 2.75) is 105 Å². The minimum absolute atomic E-state index is 0.0107. The third kappa shape index (κ3) is 11.6. The molecule has 0 spiro atoms. The predicted molar refractivity (Wildman–Crippen MR) is 140 cm³/mol. The summed E-state index contributed by atoms with van der Waals surface area (Å²) in [6.07, 6.45) is 4.65. The monoisotopic (exact) mass is 529 g/mol. The van der Waals surface area contributed by atoms with Crippen molar-refractivity contribution in [1.29, 1.82) is 0 Å². The molecule has 1 amide bonds. The van der Waals surface area contributed by atoms with Gasteiger partial charge in [-0.05, 0) is 38.0 Å². The third-order valence-corrected chi connectivity index (χ3v) is 7.78. The van der Waals surface area contributed by atoms with Gasteiger partial charge in [-0.1, -0.05) is 47.5 Å². The van der Waals surface area contributed by atoms with Crippen LogP contribution in [0.25, 0.3) is 0 Å². The molecule has 36 heavy (non-hydrogen) atoms. The highest BCUT2D eigenvalue weighted by atomic mass is 32.2. The van der Waals surface area contributed by atoms with Crippen LogP contribution in [0.1, 0.15) is 92.9 Å². The quantitative estimate of drug-likeness (QED) is 0.200. The van der Waals surface area contributed by atoms with Gasteiger partial charge in [-0.25, -0.2) is 8.42 Å². The molecular weight excluding hydrogens is 482 g/mol. The van der Waals surface area contributed by atoms with E-state index in [2.05, 4.69) is 12.2 Å². The first-order valence-corrected chi connectivity index (χ1v) is 15.4. The average Bonchev–Trinajstić information content (AvgIpc) is 3.51. The van der Waals surface area contributed by atoms with E-state index in [1.807, 2.05) is 27.7 Å². The standard InChI is InChI=1S/C27H47NO7S/c1-8-9-10-11-21(29)16-22(19(4)5)26(32)28-23(12-13-36(7,33)34)24(30)15-20(14-18(2)3)25(31)27(6)17-35-27/h18-20,22-23H,8-17H2,1-7H3,(H,28,32)/t20-,22+,23+,27-/m1/s1. The molecule has 1 fully saturated rings. The maximum absolute atomic E-state index is 13.4. The number of Topliss-reactive ketones (excluding diaryl/α,β-unsaturated/α-hetero) is 3. The lowest BCUT2D eigenvalue weighted by atomic mass is 9.82. The maximum Gasteiger partial charge on any atom is 0.224 e. The number of ketones is 3. The number of rotatable bonds is 19. The fourth-order valence-corrected chi connectivity index (χ4v) is 5.06. The normalized spacial score (nSPS) is 20.1. The van der Waals surface area contributed by atoms with Gasteiger partial charge in [0.15, 0.2) is 11.6 Å². The summed E-state index contributed by atoms with van der Waals surface area (Å²) in [4.78, 5) is 52.0. The molecule has 4 atom stereocenters. The second kappa shape index (κ2) is 14.4. The number of epoxide rings is 1. The van der Waals surface area contributed by atoms with Gasteiger partial charge in [-0.2, -0.15) is 0 Å². The fraction of sp³-hybridized carbons (Fsp3) is 0.852. The van der Waals surface area contributed by atoms with E-state index >= 15 is 0 Å². The highest BCUT2D eigenvalue weighted by Crippen LogP contribution is 2.34. The Bertz CT molecular complexity index is 875. The Morgan fingerprint density at radius 2 is 1.64 bits per heavy atom. The summed E-state index contributed by atoms with van der Waals surface area (Å²) >= 11 is 0. The van der Waals surface area contributed by atoms with E-state index in [1.165, 1.54) is 0 Å². The Morgan fingerprint density at radius 3 is 2.11 bits per heavy atom. The molecular formula is C27H47NO7S. The summed E-state index contributed by atoms with van der Waals surface area (Å²) in [5, 5.41) is 2.75. The summed E-state index contributed by atoms with van der Waals surface area (Å²) in [5.74, 6) is -2.32. The van der Waals surface area contributed by atoms with Gasteiger partial charge in [-0.3, -0.25) is 19.2 Å². The van der Waals surface area contributed by atoms with Gasteiger partial charge in [-0.15, -0.1) is 0 Å². The van der Waals surface area contributed by atoms with Crippen molar-refractivity contribution in [2.75, 3.05) is 18.6 Å². The minimum Gasteiger partial charge on any atom is -0.362 e. The lowest BCUT2D eigenvalue weighted by Gasteiger charge is -2.26. The van der Waals surface area contributed by atoms with Crippen molar-refractivity contribution in [3.05, 3.63) is 0 Å². The van der Waals surface area contributed by atoms with Crippen LogP contribution in [-0.2, 0) is 33.8 Å². The van der Waals surface area contributed by atoms with Crippen molar-refractivity contribution < 1.29 is 32.3 Å². The Hall–Kier alpha value is -1.61. The number of amides is 1. The van der Waals surface area contributed by atoms with Gasteiger partial charge in [0.05, 0.1) is 18.4 Å². The Labute approximate surface area is 217 Å². The van der Waals surface area contributed by atoms with Crippen LogP contribution in [0.4, 0.5) is 0 Å². The molecule has 1 N–H and O–H groups in total. The summed E-state index contributed by atoms with van der Waals surface area (Å²) in [7, 11) is -3.38. The van der Waals surface area contributed by atoms with Crippen molar-refractivity contribution in [2.24, 2.45) is 23.7 Å². The van der Waals surface area contributed by atoms with Crippen molar-refractivity contribution in [3.63, 3.8) is 0 Å². The molecule has 0 saturated carbocycles. The molecule has 1 aliphatic rings. The van der Waals surface area contributed by atoms with Gasteiger partial charge < -0.3 is 10.1 Å². The summed E-state index contributed by atoms with van der Waals surface area (Å²) in [6.45, 7) is 11.7. The van der Waals surface area contributed by atoms with Crippen LogP contribution < -0.4 is 5.32 Å². The van der Waals surface area contributed by atoms with Crippen molar-refractivity contribution in [3.8, 4) is 0 Å². The molecule has 0 radical (unpaired) electrons. The maximum atomic E-state index is 13.4. The molecule has 1 rings (SSSR count). The van der Waals surface area contributed by atoms with Crippen LogP contribution >= 0.6 is 0 Å². The topological polar surface area (TPSA) is 127 Å². The van der Waals surface area contributed by atoms with Crippen LogP contribution in [-0.4, -0.2) is 61.9 Å². The van der Waals surface area contributed by atoms with Crippen molar-refractivity contribution >= 4 is 33.1 Å². The van der Waals surface area contributed by atoms with Crippen molar-refractivity contribution in [1.82, 2.24) is 5.32 Å². The first kappa shape index (κ1) is 32.4. The summed E-state index contributed by atoms with van der Waals surface area (Å²) < 4.78 is 29.0. The smallest absolute Gasteiger partial charge is 0.224 e. The van der Waals surface area contributed by atoms with Gasteiger partial charge in [0.25, 0.3) is 0 Å². The zero-order valence-electron chi connectivity index (χ0n) is 23.2. The molecule has 0 bridgehead atoms. The van der Waals surface area contributed by atoms with Gasteiger partial charge in [0, 0.05) is 37.4 Å². The molecule has 8 nitrogen and oxygen atoms in total. The molecule has 0 aromatic heterocycles. The average molecular weight is 530 g/mol. The Balaban J connectivity index is 3.02. The Kier molecular flexibility index (Phi) is 12.9. The van der Waals surface area contributed by atoms with Crippen LogP contribution in [0.2, 0.25) is 0 Å². The highest BCUT2D eigenvalue weighted by molar-refractivity contribution is 7.90. The van der Waals surface area contributed by atoms with E-state index in [0.29, 0.717) is 19.4 Å². The predicted octanol–water partition coefficient (Wildman–Crippen LogP) is 3.70. The summed E-state index contributed by atoms with van der Waals surface area (Å²) in [5.41, 5.74) is -0.869. The van der Waals surface area contributed by atoms with E-state index < -0.39 is 39.2 Å². The highest BCUT2D eigenvalue weighted by Gasteiger charge is 2.50. The van der Waals surface area contributed by atoms with Crippen LogP contribution in [0, 0.1) is 23.7 Å². The molecule has 0 aromatic carbocycles. The van der Waals surface area contributed by atoms with E-state index in [1.54, 1.807) is 6.92 Å². The SMILES string of the molecule is CCCCCC(=O)C[C@H](C(=O)N[C@@H](CCS(C)(=O)=O)C(=O)C[C@@H](CC(C)C)C(=O)[C@@]1(C)CO1)C(C)C. The van der Waals surface area contributed by atoms with Gasteiger partial charge in [0.2, 0.25) is 5.91 Å². The zero-order valence-corrected chi connectivity index (χ0v) is 24.0. The number of unbranched alkanes of at least 4 members (excludes halogenated alkanes) is 2. The van der Waals surface area contributed by atoms with E-state index in [-0.39, 0.29) is 54.2 Å². The number of carbonyl (C=O) groups excluding carboxylic acids is 4. The number of nitrogens with one attached hydrogen (secondary N) is 1. The molecule has 9 heteroatoms. The van der Waals surface area contributed by atoms with E-state index in [9.17, 15) is 27.6 Å². The second-order valence-corrected chi connectivity index (χ2v) is 13.7. The molecule has 1 saturated heterocycles. The van der Waals surface area contributed by atoms with Gasteiger partial charge >= 0.3 is 0 Å². The number of hydrogen-bond acceptors (Lipinski definition) is 7. The number of carbonyl (C=O) groups is 4. The number of ether oxygens (including phenoxy) is 1. The Morgan fingerprint density at radius 1 is 1.03 bits per heavy atom. The fourth-order valence-electron chi connectivity index (χ4n) is 4.39. The first-order valence-electron chi connectivity index (χ1n) is 13.3. The largest absolute Gasteiger partial charge is 0.362 e. The van der Waals surface area contributed by atoms with Crippen LogP contribution in [0.3, 0.4) is 0 Å². The summed E-state index contributed by atoms with van der Waals surface area (Å²) in [6, 6.07) is -1.04. The van der Waals surface area contributed by atoms with E-state index in [0.717, 1.165) is 25.5 Å². The first-order chi connectivity index (χ1) is 16.6. The third-order valence-electron chi connectivity index (χ3n) is 6.80. The molecule has 1 aliphatic heterocycles. The number of hydrogen-bond donors (Lipinski definition) is 1. The minimum atomic E-state index is -3.38. The van der Waals surface area contributed by atoms with Crippen LogP contribution in [0.5, 0.6) is 0 Å². The molecule has 0 aliphatic carbocycles. The molecule has 208 valence electrons. The molecule has 0 aromatic rings. The van der Waals surface area contributed by atoms with E-state index in [4.69, 9.17) is 4.74 Å². The molecule has 0 unspecified atom stereocenters. The lowest BCUT2D eigenvalue weighted by Crippen LogP contribution is -2.47. The second-order valence-electron chi connectivity index (χ2n) is 11.4. The van der Waals surface area contributed by atoms with Crippen LogP contribution in [0.15, 0.2) is 0 Å². The zero-order chi connectivity index (χ0) is 27.7. The lowest BCUT2D eigenvalue weighted by molar-refractivity contribution is -0.135.